The van der Waals surface area contributed by atoms with E-state index in [2.05, 4.69) is 34.7 Å². The Labute approximate surface area is 168 Å². The summed E-state index contributed by atoms with van der Waals surface area (Å²) in [5.41, 5.74) is 2.32. The van der Waals surface area contributed by atoms with E-state index in [0.29, 0.717) is 13.2 Å². The van der Waals surface area contributed by atoms with Crippen LogP contribution in [0.3, 0.4) is 0 Å². The van der Waals surface area contributed by atoms with Crippen LogP contribution in [0.15, 0.2) is 65.7 Å². The number of ether oxygens (including phenoxy) is 1. The third-order valence-electron chi connectivity index (χ3n) is 4.42. The van der Waals surface area contributed by atoms with Gasteiger partial charge >= 0.3 is 0 Å². The van der Waals surface area contributed by atoms with Crippen molar-refractivity contribution in [1.29, 1.82) is 0 Å². The van der Waals surface area contributed by atoms with E-state index >= 15 is 0 Å². The van der Waals surface area contributed by atoms with Gasteiger partial charge in [-0.2, -0.15) is 0 Å². The summed E-state index contributed by atoms with van der Waals surface area (Å²) in [5.74, 6) is 0.810. The Balaban J connectivity index is 1.66. The van der Waals surface area contributed by atoms with Crippen LogP contribution in [0.25, 0.3) is 0 Å². The van der Waals surface area contributed by atoms with Gasteiger partial charge in [0, 0.05) is 25.6 Å². The summed E-state index contributed by atoms with van der Waals surface area (Å²) in [7, 11) is 0. The van der Waals surface area contributed by atoms with Gasteiger partial charge in [-0.3, -0.25) is 4.99 Å². The summed E-state index contributed by atoms with van der Waals surface area (Å²) in [5, 5.41) is 16.3. The van der Waals surface area contributed by atoms with Gasteiger partial charge in [-0.25, -0.2) is 0 Å². The molecule has 0 bridgehead atoms. The highest BCUT2D eigenvalue weighted by Gasteiger charge is 2.09. The van der Waals surface area contributed by atoms with Crippen molar-refractivity contribution in [3.8, 4) is 0 Å². The highest BCUT2D eigenvalue weighted by atomic mass is 16.5. The smallest absolute Gasteiger partial charge is 0.191 e. The fraction of sp³-hybridized carbons (Fsp3) is 0.435. The fourth-order valence-corrected chi connectivity index (χ4v) is 2.84. The molecule has 2 rings (SSSR count). The van der Waals surface area contributed by atoms with Crippen LogP contribution in [0.4, 0.5) is 0 Å². The minimum atomic E-state index is 0.0167. The van der Waals surface area contributed by atoms with E-state index in [0.717, 1.165) is 44.1 Å². The van der Waals surface area contributed by atoms with Crippen molar-refractivity contribution in [3.63, 3.8) is 0 Å². The molecule has 152 valence electrons. The first-order valence-corrected chi connectivity index (χ1v) is 10.1. The quantitative estimate of drug-likeness (QED) is 0.299. The Morgan fingerprint density at radius 2 is 1.71 bits per heavy atom. The maximum Gasteiger partial charge on any atom is 0.191 e. The number of nitrogens with one attached hydrogen (secondary N) is 2. The molecule has 0 fully saturated rings. The van der Waals surface area contributed by atoms with Crippen LogP contribution < -0.4 is 10.6 Å². The molecule has 0 amide bonds. The highest BCUT2D eigenvalue weighted by molar-refractivity contribution is 5.79. The molecule has 0 heterocycles. The van der Waals surface area contributed by atoms with E-state index in [1.54, 1.807) is 0 Å². The average Bonchev–Trinajstić information content (AvgIpc) is 2.75. The lowest BCUT2D eigenvalue weighted by Crippen LogP contribution is -2.38. The van der Waals surface area contributed by atoms with Gasteiger partial charge in [0.1, 0.15) is 0 Å². The maximum absolute atomic E-state index is 9.68. The van der Waals surface area contributed by atoms with Gasteiger partial charge in [0.05, 0.1) is 19.8 Å². The first kappa shape index (κ1) is 21.9. The Kier molecular flexibility index (Phi) is 10.8. The highest BCUT2D eigenvalue weighted by Crippen LogP contribution is 2.14. The van der Waals surface area contributed by atoms with Crippen LogP contribution in [0, 0.1) is 0 Å². The molecule has 2 aromatic carbocycles. The Morgan fingerprint density at radius 1 is 1.00 bits per heavy atom. The van der Waals surface area contributed by atoms with E-state index in [1.165, 1.54) is 5.56 Å². The summed E-state index contributed by atoms with van der Waals surface area (Å²) in [6.45, 7) is 5.76. The molecule has 5 heteroatoms. The van der Waals surface area contributed by atoms with Crippen LogP contribution >= 0.6 is 0 Å². The number of nitrogens with zero attached hydrogens (tertiary/aromatic N) is 1. The van der Waals surface area contributed by atoms with E-state index in [-0.39, 0.29) is 12.5 Å². The van der Waals surface area contributed by atoms with Crippen LogP contribution in [-0.2, 0) is 11.3 Å². The van der Waals surface area contributed by atoms with Gasteiger partial charge in [0.15, 0.2) is 5.96 Å². The van der Waals surface area contributed by atoms with Gasteiger partial charge in [-0.15, -0.1) is 0 Å². The minimum absolute atomic E-state index is 0.0167. The monoisotopic (exact) mass is 383 g/mol. The molecule has 0 radical (unpaired) electrons. The van der Waals surface area contributed by atoms with Crippen molar-refractivity contribution in [1.82, 2.24) is 10.6 Å². The Morgan fingerprint density at radius 3 is 2.39 bits per heavy atom. The molecule has 0 aliphatic carbocycles. The number of rotatable bonds is 12. The number of aliphatic hydroxyl groups excluding tert-OH is 1. The van der Waals surface area contributed by atoms with Crippen molar-refractivity contribution in [3.05, 3.63) is 71.8 Å². The molecule has 0 aliphatic heterocycles. The Bertz CT molecular complexity index is 662. The van der Waals surface area contributed by atoms with Gasteiger partial charge < -0.3 is 20.5 Å². The number of unbranched alkanes of at least 4 members (excludes halogenated alkanes) is 1. The third-order valence-corrected chi connectivity index (χ3v) is 4.42. The molecule has 0 spiro atoms. The maximum atomic E-state index is 9.68. The van der Waals surface area contributed by atoms with Crippen molar-refractivity contribution in [2.45, 2.75) is 32.3 Å². The number of hydrogen-bond acceptors (Lipinski definition) is 3. The predicted octanol–water partition coefficient (Wildman–Crippen LogP) is 3.31. The zero-order valence-corrected chi connectivity index (χ0v) is 16.8. The average molecular weight is 384 g/mol. The first-order chi connectivity index (χ1) is 13.8. The largest absolute Gasteiger partial charge is 0.396 e. The zero-order valence-electron chi connectivity index (χ0n) is 16.8. The van der Waals surface area contributed by atoms with E-state index in [9.17, 15) is 5.11 Å². The molecule has 0 aromatic heterocycles. The SMILES string of the molecule is CCNC(=NCC(CO)c1ccccc1)NCCCCOCc1ccccc1. The molecule has 28 heavy (non-hydrogen) atoms. The zero-order chi connectivity index (χ0) is 19.9. The number of hydrogen-bond donors (Lipinski definition) is 3. The molecule has 0 saturated carbocycles. The topological polar surface area (TPSA) is 65.9 Å². The summed E-state index contributed by atoms with van der Waals surface area (Å²) in [4.78, 5) is 4.64. The van der Waals surface area contributed by atoms with E-state index < -0.39 is 0 Å². The summed E-state index contributed by atoms with van der Waals surface area (Å²) in [6.07, 6.45) is 2.02. The van der Waals surface area contributed by atoms with Crippen molar-refractivity contribution >= 4 is 5.96 Å². The molecule has 0 saturated heterocycles. The molecular formula is C23H33N3O2. The van der Waals surface area contributed by atoms with Crippen LogP contribution in [0.1, 0.15) is 36.8 Å². The summed E-state index contributed by atoms with van der Waals surface area (Å²) >= 11 is 0. The molecule has 0 aliphatic rings. The summed E-state index contributed by atoms with van der Waals surface area (Å²) in [6, 6.07) is 20.3. The van der Waals surface area contributed by atoms with Crippen molar-refractivity contribution in [2.75, 3.05) is 32.8 Å². The van der Waals surface area contributed by atoms with Gasteiger partial charge in [-0.05, 0) is 30.9 Å². The number of aliphatic imine (C=N–C) groups is 1. The number of aliphatic hydroxyl groups is 1. The molecule has 1 unspecified atom stereocenters. The second-order valence-electron chi connectivity index (χ2n) is 6.68. The van der Waals surface area contributed by atoms with Gasteiger partial charge in [0.2, 0.25) is 0 Å². The second kappa shape index (κ2) is 13.7. The van der Waals surface area contributed by atoms with Crippen molar-refractivity contribution < 1.29 is 9.84 Å². The molecule has 5 nitrogen and oxygen atoms in total. The molecule has 3 N–H and O–H groups in total. The number of guanidine groups is 1. The van der Waals surface area contributed by atoms with Crippen LogP contribution in [0.5, 0.6) is 0 Å². The molecule has 1 atom stereocenters. The second-order valence-corrected chi connectivity index (χ2v) is 6.68. The van der Waals surface area contributed by atoms with Crippen LogP contribution in [-0.4, -0.2) is 43.9 Å². The molecular weight excluding hydrogens is 350 g/mol. The van der Waals surface area contributed by atoms with Gasteiger partial charge in [-0.1, -0.05) is 60.7 Å². The lowest BCUT2D eigenvalue weighted by molar-refractivity contribution is 0.117. The lowest BCUT2D eigenvalue weighted by Gasteiger charge is -2.15. The minimum Gasteiger partial charge on any atom is -0.396 e. The predicted molar refractivity (Wildman–Crippen MR) is 116 cm³/mol. The number of benzene rings is 2. The first-order valence-electron chi connectivity index (χ1n) is 10.1. The van der Waals surface area contributed by atoms with Gasteiger partial charge in [0.25, 0.3) is 0 Å². The lowest BCUT2D eigenvalue weighted by atomic mass is 10.0. The van der Waals surface area contributed by atoms with Crippen LogP contribution in [0.2, 0.25) is 0 Å². The molecule has 2 aromatic rings. The summed E-state index contributed by atoms with van der Waals surface area (Å²) < 4.78 is 5.72. The normalized spacial score (nSPS) is 12.6. The Hall–Kier alpha value is -2.37. The van der Waals surface area contributed by atoms with E-state index in [4.69, 9.17) is 4.74 Å². The fourth-order valence-electron chi connectivity index (χ4n) is 2.84. The standard InChI is InChI=1S/C23H33N3O2/c1-2-24-23(26-17-22(18-27)21-13-7-4-8-14-21)25-15-9-10-16-28-19-20-11-5-3-6-12-20/h3-8,11-14,22,27H,2,9-10,15-19H2,1H3,(H2,24,25,26). The van der Waals surface area contributed by atoms with Crippen molar-refractivity contribution in [2.24, 2.45) is 4.99 Å². The third kappa shape index (κ3) is 8.55. The van der Waals surface area contributed by atoms with E-state index in [1.807, 2.05) is 48.5 Å².